The van der Waals surface area contributed by atoms with Gasteiger partial charge in [-0.1, -0.05) is 29.8 Å². The third-order valence-corrected chi connectivity index (χ3v) is 4.19. The summed E-state index contributed by atoms with van der Waals surface area (Å²) in [4.78, 5) is 16.5. The van der Waals surface area contributed by atoms with Crippen LogP contribution >= 0.6 is 0 Å². The van der Waals surface area contributed by atoms with Gasteiger partial charge in [0.25, 0.3) is 5.91 Å². The monoisotopic (exact) mass is 321 g/mol. The molecule has 1 aliphatic carbocycles. The van der Waals surface area contributed by atoms with Crippen LogP contribution in [0.4, 0.5) is 11.4 Å². The maximum Gasteiger partial charge on any atom is 0.257 e. The minimum Gasteiger partial charge on any atom is -0.383 e. The predicted molar refractivity (Wildman–Crippen MR) is 98.3 cm³/mol. The zero-order valence-electron chi connectivity index (χ0n) is 13.8. The van der Waals surface area contributed by atoms with E-state index in [9.17, 15) is 4.79 Å². The average molecular weight is 321 g/mol. The van der Waals surface area contributed by atoms with E-state index < -0.39 is 0 Å². The molecule has 1 heterocycles. The molecule has 0 aliphatic heterocycles. The number of nitrogens with zero attached hydrogens (tertiary/aromatic N) is 1. The lowest BCUT2D eigenvalue weighted by atomic mass is 9.97. The Morgan fingerprint density at radius 2 is 1.96 bits per heavy atom. The zero-order chi connectivity index (χ0) is 16.6. The van der Waals surface area contributed by atoms with Crippen molar-refractivity contribution in [3.63, 3.8) is 0 Å². The Morgan fingerprint density at radius 3 is 2.75 bits per heavy atom. The SMILES string of the molecule is O=C(Nc1ccccc1)c1cncc(NCCC2=CCCCC2)c1. The topological polar surface area (TPSA) is 54.0 Å². The number of nitrogens with one attached hydrogen (secondary N) is 2. The fourth-order valence-corrected chi connectivity index (χ4v) is 2.88. The number of anilines is 2. The highest BCUT2D eigenvalue weighted by atomic mass is 16.1. The summed E-state index contributed by atoms with van der Waals surface area (Å²) in [5.74, 6) is -0.146. The highest BCUT2D eigenvalue weighted by molar-refractivity contribution is 6.04. The minimum absolute atomic E-state index is 0.146. The van der Waals surface area contributed by atoms with E-state index in [0.717, 1.165) is 24.3 Å². The summed E-state index contributed by atoms with van der Waals surface area (Å²) in [5, 5.41) is 6.25. The Kier molecular flexibility index (Phi) is 5.61. The molecule has 2 N–H and O–H groups in total. The molecule has 4 nitrogen and oxygen atoms in total. The molecule has 0 radical (unpaired) electrons. The summed E-state index contributed by atoms with van der Waals surface area (Å²) < 4.78 is 0. The number of aromatic nitrogens is 1. The van der Waals surface area contributed by atoms with E-state index >= 15 is 0 Å². The molecule has 3 rings (SSSR count). The zero-order valence-corrected chi connectivity index (χ0v) is 13.8. The van der Waals surface area contributed by atoms with E-state index in [1.807, 2.05) is 36.4 Å². The first-order chi connectivity index (χ1) is 11.8. The maximum absolute atomic E-state index is 12.3. The summed E-state index contributed by atoms with van der Waals surface area (Å²) in [7, 11) is 0. The van der Waals surface area contributed by atoms with Crippen molar-refractivity contribution in [1.29, 1.82) is 0 Å². The van der Waals surface area contributed by atoms with Gasteiger partial charge >= 0.3 is 0 Å². The minimum atomic E-state index is -0.146. The van der Waals surface area contributed by atoms with Gasteiger partial charge < -0.3 is 10.6 Å². The third kappa shape index (κ3) is 4.69. The summed E-state index contributed by atoms with van der Waals surface area (Å²) in [6.45, 7) is 0.872. The number of carbonyl (C=O) groups is 1. The van der Waals surface area contributed by atoms with Crippen LogP contribution in [-0.4, -0.2) is 17.4 Å². The number of carbonyl (C=O) groups excluding carboxylic acids is 1. The first-order valence-corrected chi connectivity index (χ1v) is 8.54. The van der Waals surface area contributed by atoms with E-state index in [2.05, 4.69) is 21.7 Å². The molecule has 0 fully saturated rings. The number of hydrogen-bond donors (Lipinski definition) is 2. The van der Waals surface area contributed by atoms with E-state index in [4.69, 9.17) is 0 Å². The van der Waals surface area contributed by atoms with Crippen LogP contribution in [-0.2, 0) is 0 Å². The van der Waals surface area contributed by atoms with E-state index in [-0.39, 0.29) is 5.91 Å². The fourth-order valence-electron chi connectivity index (χ4n) is 2.88. The van der Waals surface area contributed by atoms with Gasteiger partial charge in [0.15, 0.2) is 0 Å². The lowest BCUT2D eigenvalue weighted by molar-refractivity contribution is 0.102. The number of allylic oxidation sites excluding steroid dienone is 1. The summed E-state index contributed by atoms with van der Waals surface area (Å²) in [6, 6.07) is 11.3. The van der Waals surface area contributed by atoms with Gasteiger partial charge in [-0.2, -0.15) is 0 Å². The van der Waals surface area contributed by atoms with Crippen LogP contribution in [0.25, 0.3) is 0 Å². The molecule has 0 saturated carbocycles. The standard InChI is InChI=1S/C20H23N3O/c24-20(23-18-9-5-2-6-10-18)17-13-19(15-21-14-17)22-12-11-16-7-3-1-4-8-16/h2,5-7,9-10,13-15,22H,1,3-4,8,11-12H2,(H,23,24). The second kappa shape index (κ2) is 8.29. The second-order valence-corrected chi connectivity index (χ2v) is 6.07. The molecule has 124 valence electrons. The Morgan fingerprint density at radius 1 is 1.08 bits per heavy atom. The molecular weight excluding hydrogens is 298 g/mol. The van der Waals surface area contributed by atoms with Crippen molar-refractivity contribution in [2.75, 3.05) is 17.2 Å². The van der Waals surface area contributed by atoms with E-state index in [0.29, 0.717) is 5.56 Å². The van der Waals surface area contributed by atoms with Crippen molar-refractivity contribution in [3.05, 3.63) is 66.0 Å². The van der Waals surface area contributed by atoms with Crippen LogP contribution in [0.15, 0.2) is 60.4 Å². The Hall–Kier alpha value is -2.62. The number of hydrogen-bond acceptors (Lipinski definition) is 3. The molecule has 0 atom stereocenters. The average Bonchev–Trinajstić information content (AvgIpc) is 2.64. The largest absolute Gasteiger partial charge is 0.383 e. The van der Waals surface area contributed by atoms with Crippen LogP contribution < -0.4 is 10.6 Å². The van der Waals surface area contributed by atoms with Gasteiger partial charge in [-0.3, -0.25) is 9.78 Å². The van der Waals surface area contributed by atoms with Crippen LogP contribution in [0.2, 0.25) is 0 Å². The normalized spacial score (nSPS) is 13.9. The van der Waals surface area contributed by atoms with Crippen molar-refractivity contribution in [1.82, 2.24) is 4.98 Å². The molecule has 0 spiro atoms. The molecule has 1 aromatic carbocycles. The van der Waals surface area contributed by atoms with Crippen LogP contribution in [0, 0.1) is 0 Å². The summed E-state index contributed by atoms with van der Waals surface area (Å²) >= 11 is 0. The Balaban J connectivity index is 1.55. The highest BCUT2D eigenvalue weighted by Gasteiger charge is 2.08. The molecule has 0 bridgehead atoms. The summed E-state index contributed by atoms with van der Waals surface area (Å²) in [5.41, 5.74) is 3.76. The van der Waals surface area contributed by atoms with Gasteiger partial charge in [0.2, 0.25) is 0 Å². The van der Waals surface area contributed by atoms with Crippen molar-refractivity contribution in [2.45, 2.75) is 32.1 Å². The number of para-hydroxylation sites is 1. The molecule has 1 amide bonds. The van der Waals surface area contributed by atoms with Gasteiger partial charge in [-0.05, 0) is 50.3 Å². The fraction of sp³-hybridized carbons (Fsp3) is 0.300. The van der Waals surface area contributed by atoms with Gasteiger partial charge in [-0.25, -0.2) is 0 Å². The van der Waals surface area contributed by atoms with Crippen molar-refractivity contribution < 1.29 is 4.79 Å². The third-order valence-electron chi connectivity index (χ3n) is 4.19. The molecular formula is C20H23N3O. The Bertz CT molecular complexity index is 710. The molecule has 0 unspecified atom stereocenters. The van der Waals surface area contributed by atoms with E-state index in [1.165, 1.54) is 25.7 Å². The lowest BCUT2D eigenvalue weighted by Crippen LogP contribution is -2.13. The van der Waals surface area contributed by atoms with Crippen LogP contribution in [0.5, 0.6) is 0 Å². The quantitative estimate of drug-likeness (QED) is 0.762. The lowest BCUT2D eigenvalue weighted by Gasteiger charge is -2.13. The molecule has 0 saturated heterocycles. The van der Waals surface area contributed by atoms with Crippen LogP contribution in [0.3, 0.4) is 0 Å². The molecule has 1 aromatic heterocycles. The Labute approximate surface area is 143 Å². The van der Waals surface area contributed by atoms with Crippen molar-refractivity contribution in [3.8, 4) is 0 Å². The van der Waals surface area contributed by atoms with Crippen LogP contribution in [0.1, 0.15) is 42.5 Å². The van der Waals surface area contributed by atoms with Crippen molar-refractivity contribution in [2.24, 2.45) is 0 Å². The van der Waals surface area contributed by atoms with Gasteiger partial charge in [0.1, 0.15) is 0 Å². The van der Waals surface area contributed by atoms with Gasteiger partial charge in [0.05, 0.1) is 11.3 Å². The first-order valence-electron chi connectivity index (χ1n) is 8.54. The number of benzene rings is 1. The van der Waals surface area contributed by atoms with Gasteiger partial charge in [0, 0.05) is 24.6 Å². The molecule has 24 heavy (non-hydrogen) atoms. The predicted octanol–water partition coefficient (Wildman–Crippen LogP) is 4.64. The molecule has 1 aliphatic rings. The highest BCUT2D eigenvalue weighted by Crippen LogP contribution is 2.20. The molecule has 4 heteroatoms. The molecule has 2 aromatic rings. The number of pyridine rings is 1. The van der Waals surface area contributed by atoms with Gasteiger partial charge in [-0.15, -0.1) is 0 Å². The number of amides is 1. The summed E-state index contributed by atoms with van der Waals surface area (Å²) in [6.07, 6.45) is 11.8. The van der Waals surface area contributed by atoms with Crippen molar-refractivity contribution >= 4 is 17.3 Å². The second-order valence-electron chi connectivity index (χ2n) is 6.07. The maximum atomic E-state index is 12.3. The first kappa shape index (κ1) is 16.2. The van der Waals surface area contributed by atoms with E-state index in [1.54, 1.807) is 18.0 Å². The number of rotatable bonds is 6. The smallest absolute Gasteiger partial charge is 0.257 e.